The number of ketones is 1. The van der Waals surface area contributed by atoms with Gasteiger partial charge in [-0.05, 0) is 54.2 Å². The van der Waals surface area contributed by atoms with Gasteiger partial charge in [0.1, 0.15) is 17.3 Å². The van der Waals surface area contributed by atoms with E-state index in [2.05, 4.69) is 0 Å². The maximum atomic E-state index is 13.7. The van der Waals surface area contributed by atoms with E-state index in [-0.39, 0.29) is 22.8 Å². The predicted molar refractivity (Wildman–Crippen MR) is 124 cm³/mol. The summed E-state index contributed by atoms with van der Waals surface area (Å²) in [4.78, 5) is 28.0. The Kier molecular flexibility index (Phi) is 6.04. The molecule has 1 saturated carbocycles. The van der Waals surface area contributed by atoms with Crippen molar-refractivity contribution in [3.05, 3.63) is 70.5 Å². The monoisotopic (exact) mass is 451 g/mol. The summed E-state index contributed by atoms with van der Waals surface area (Å²) in [5.41, 5.74) is 1.69. The van der Waals surface area contributed by atoms with Crippen molar-refractivity contribution in [3.8, 4) is 5.75 Å². The number of methoxy groups -OCH3 is 1. The Bertz CT molecular complexity index is 1110. The van der Waals surface area contributed by atoms with E-state index in [0.29, 0.717) is 16.9 Å². The highest BCUT2D eigenvalue weighted by molar-refractivity contribution is 6.46. The van der Waals surface area contributed by atoms with Crippen LogP contribution in [0.25, 0.3) is 5.76 Å². The molecule has 2 aliphatic rings. The molecule has 1 amide bonds. The minimum atomic E-state index is -0.756. The van der Waals surface area contributed by atoms with E-state index in [1.54, 1.807) is 42.3 Å². The average molecular weight is 452 g/mol. The fourth-order valence-corrected chi connectivity index (χ4v) is 4.98. The lowest BCUT2D eigenvalue weighted by molar-refractivity contribution is -0.141. The molecule has 0 aromatic heterocycles. The lowest BCUT2D eigenvalue weighted by Gasteiger charge is -2.30. The first-order chi connectivity index (χ1) is 15.6. The molecule has 1 aliphatic carbocycles. The second kappa shape index (κ2) is 8.65. The number of halogens is 1. The Morgan fingerprint density at radius 1 is 1.06 bits per heavy atom. The van der Waals surface area contributed by atoms with Gasteiger partial charge >= 0.3 is 0 Å². The summed E-state index contributed by atoms with van der Waals surface area (Å²) in [6.45, 7) is 6.10. The van der Waals surface area contributed by atoms with Crippen molar-refractivity contribution >= 4 is 17.4 Å². The first kappa shape index (κ1) is 23.0. The van der Waals surface area contributed by atoms with E-state index < -0.39 is 23.5 Å². The molecule has 0 radical (unpaired) electrons. The summed E-state index contributed by atoms with van der Waals surface area (Å²) in [5, 5.41) is 11.4. The molecule has 33 heavy (non-hydrogen) atoms. The SMILES string of the molecule is COc1ccc(/C(O)=C2/C(=O)C(=O)N(C3CCCC3)C2c2ccc(F)cc2)cc1C(C)(C)C. The first-order valence-electron chi connectivity index (χ1n) is 11.4. The number of carbonyl (C=O) groups is 2. The smallest absolute Gasteiger partial charge is 0.295 e. The molecule has 2 aromatic carbocycles. The van der Waals surface area contributed by atoms with E-state index in [9.17, 15) is 19.1 Å². The van der Waals surface area contributed by atoms with Crippen LogP contribution in [0, 0.1) is 5.82 Å². The number of ether oxygens (including phenoxy) is 1. The van der Waals surface area contributed by atoms with Gasteiger partial charge < -0.3 is 14.7 Å². The van der Waals surface area contributed by atoms with Crippen molar-refractivity contribution in [3.63, 3.8) is 0 Å². The molecule has 0 spiro atoms. The van der Waals surface area contributed by atoms with E-state index in [1.165, 1.54) is 12.1 Å². The van der Waals surface area contributed by atoms with Gasteiger partial charge in [0.2, 0.25) is 0 Å². The van der Waals surface area contributed by atoms with Crippen LogP contribution in [-0.4, -0.2) is 34.8 Å². The number of Topliss-reactive ketones (excluding diaryl/α,β-unsaturated/α-hetero) is 1. The second-order valence-corrected chi connectivity index (χ2v) is 9.86. The zero-order valence-electron chi connectivity index (χ0n) is 19.5. The minimum absolute atomic E-state index is 0.0449. The van der Waals surface area contributed by atoms with E-state index in [1.807, 2.05) is 20.8 Å². The fourth-order valence-electron chi connectivity index (χ4n) is 4.98. The number of aliphatic hydroxyl groups excluding tert-OH is 1. The lowest BCUT2D eigenvalue weighted by Crippen LogP contribution is -2.37. The quantitative estimate of drug-likeness (QED) is 0.379. The normalized spacial score (nSPS) is 21.1. The number of rotatable bonds is 4. The summed E-state index contributed by atoms with van der Waals surface area (Å²) in [7, 11) is 1.59. The Morgan fingerprint density at radius 3 is 2.27 bits per heavy atom. The van der Waals surface area contributed by atoms with Gasteiger partial charge in [-0.3, -0.25) is 9.59 Å². The van der Waals surface area contributed by atoms with Crippen LogP contribution in [0.2, 0.25) is 0 Å². The van der Waals surface area contributed by atoms with Crippen LogP contribution >= 0.6 is 0 Å². The molecule has 1 atom stereocenters. The Hall–Kier alpha value is -3.15. The maximum Gasteiger partial charge on any atom is 0.295 e. The molecule has 2 fully saturated rings. The number of aliphatic hydroxyl groups is 1. The zero-order valence-corrected chi connectivity index (χ0v) is 19.5. The molecule has 6 heteroatoms. The number of amides is 1. The summed E-state index contributed by atoms with van der Waals surface area (Å²) in [6.07, 6.45) is 3.58. The number of hydrogen-bond acceptors (Lipinski definition) is 4. The largest absolute Gasteiger partial charge is 0.507 e. The summed E-state index contributed by atoms with van der Waals surface area (Å²) in [6, 6.07) is 10.2. The number of likely N-dealkylation sites (tertiary alicyclic amines) is 1. The van der Waals surface area contributed by atoms with Gasteiger partial charge in [0, 0.05) is 17.2 Å². The number of carbonyl (C=O) groups excluding carboxylic acids is 2. The highest BCUT2D eigenvalue weighted by Crippen LogP contribution is 2.44. The van der Waals surface area contributed by atoms with Gasteiger partial charge in [-0.15, -0.1) is 0 Å². The molecule has 1 heterocycles. The van der Waals surface area contributed by atoms with Gasteiger partial charge in [-0.2, -0.15) is 0 Å². The van der Waals surface area contributed by atoms with E-state index in [0.717, 1.165) is 31.2 Å². The minimum Gasteiger partial charge on any atom is -0.507 e. The highest BCUT2D eigenvalue weighted by Gasteiger charge is 2.49. The summed E-state index contributed by atoms with van der Waals surface area (Å²) >= 11 is 0. The number of benzene rings is 2. The molecule has 1 N–H and O–H groups in total. The molecule has 1 saturated heterocycles. The topological polar surface area (TPSA) is 66.8 Å². The molecule has 2 aromatic rings. The van der Waals surface area contributed by atoms with Crippen LogP contribution in [0.5, 0.6) is 5.75 Å². The van der Waals surface area contributed by atoms with Gasteiger partial charge in [0.05, 0.1) is 18.7 Å². The van der Waals surface area contributed by atoms with E-state index in [4.69, 9.17) is 4.74 Å². The summed E-state index contributed by atoms with van der Waals surface area (Å²) in [5.74, 6) is -1.26. The molecular formula is C27H30FNO4. The zero-order chi connectivity index (χ0) is 23.9. The Morgan fingerprint density at radius 2 is 1.70 bits per heavy atom. The second-order valence-electron chi connectivity index (χ2n) is 9.86. The molecule has 4 rings (SSSR count). The third kappa shape index (κ3) is 4.14. The fraction of sp³-hybridized carbons (Fsp3) is 0.407. The Balaban J connectivity index is 1.90. The average Bonchev–Trinajstić information content (AvgIpc) is 3.40. The van der Waals surface area contributed by atoms with Gasteiger partial charge in [0.25, 0.3) is 11.7 Å². The third-order valence-corrected chi connectivity index (χ3v) is 6.66. The van der Waals surface area contributed by atoms with Crippen LogP contribution in [0.4, 0.5) is 4.39 Å². The van der Waals surface area contributed by atoms with Gasteiger partial charge in [-0.25, -0.2) is 4.39 Å². The molecule has 5 nitrogen and oxygen atoms in total. The van der Waals surface area contributed by atoms with Gasteiger partial charge in [-0.1, -0.05) is 45.7 Å². The van der Waals surface area contributed by atoms with Crippen molar-refractivity contribution in [2.24, 2.45) is 0 Å². The molecule has 1 aliphatic heterocycles. The van der Waals surface area contributed by atoms with Crippen LogP contribution in [0.3, 0.4) is 0 Å². The highest BCUT2D eigenvalue weighted by atomic mass is 19.1. The molecule has 174 valence electrons. The van der Waals surface area contributed by atoms with Crippen molar-refractivity contribution in [1.82, 2.24) is 4.90 Å². The molecule has 1 unspecified atom stereocenters. The van der Waals surface area contributed by atoms with Crippen LogP contribution in [0.1, 0.15) is 69.2 Å². The maximum absolute atomic E-state index is 13.7. The standard InChI is InChI=1S/C27H30FNO4/c1-27(2,3)20-15-17(11-14-21(20)33-4)24(30)22-23(16-9-12-18(28)13-10-16)29(26(32)25(22)31)19-7-5-6-8-19/h9-15,19,23,30H,5-8H2,1-4H3/b24-22-. The third-order valence-electron chi connectivity index (χ3n) is 6.66. The molecular weight excluding hydrogens is 421 g/mol. The van der Waals surface area contributed by atoms with Crippen LogP contribution < -0.4 is 4.74 Å². The number of nitrogens with zero attached hydrogens (tertiary/aromatic N) is 1. The van der Waals surface area contributed by atoms with Crippen LogP contribution in [-0.2, 0) is 15.0 Å². The van der Waals surface area contributed by atoms with Crippen molar-refractivity contribution in [2.75, 3.05) is 7.11 Å². The lowest BCUT2D eigenvalue weighted by atomic mass is 9.84. The predicted octanol–water partition coefficient (Wildman–Crippen LogP) is 5.50. The molecule has 0 bridgehead atoms. The summed E-state index contributed by atoms with van der Waals surface area (Å²) < 4.78 is 19.1. The number of hydrogen-bond donors (Lipinski definition) is 1. The van der Waals surface area contributed by atoms with E-state index >= 15 is 0 Å². The van der Waals surface area contributed by atoms with Crippen molar-refractivity contribution in [1.29, 1.82) is 0 Å². The van der Waals surface area contributed by atoms with Crippen molar-refractivity contribution in [2.45, 2.75) is 64.0 Å². The first-order valence-corrected chi connectivity index (χ1v) is 11.4. The van der Waals surface area contributed by atoms with Gasteiger partial charge in [0.15, 0.2) is 0 Å². The Labute approximate surface area is 193 Å². The van der Waals surface area contributed by atoms with Crippen LogP contribution in [0.15, 0.2) is 48.0 Å². The van der Waals surface area contributed by atoms with Crippen molar-refractivity contribution < 1.29 is 23.8 Å².